The van der Waals surface area contributed by atoms with E-state index in [0.29, 0.717) is 10.8 Å². The summed E-state index contributed by atoms with van der Waals surface area (Å²) in [5, 5.41) is 0.419. The van der Waals surface area contributed by atoms with Crippen molar-refractivity contribution in [3.63, 3.8) is 0 Å². The lowest BCUT2D eigenvalue weighted by molar-refractivity contribution is 0.997. The predicted molar refractivity (Wildman–Crippen MR) is 71.1 cm³/mol. The fraction of sp³-hybridized carbons (Fsp3) is 0.154. The SMILES string of the molecule is Cc1cccc(-n2c(C)nc3ncnc(Cl)c32)c1. The summed E-state index contributed by atoms with van der Waals surface area (Å²) in [6.07, 6.45) is 1.43. The van der Waals surface area contributed by atoms with Crippen LogP contribution in [0.4, 0.5) is 0 Å². The fourth-order valence-electron chi connectivity index (χ4n) is 2.07. The summed E-state index contributed by atoms with van der Waals surface area (Å²) < 4.78 is 1.98. The molecule has 0 aliphatic heterocycles. The van der Waals surface area contributed by atoms with Crippen molar-refractivity contribution in [1.82, 2.24) is 19.5 Å². The molecule has 0 fully saturated rings. The Hall–Kier alpha value is -1.94. The van der Waals surface area contributed by atoms with Crippen molar-refractivity contribution in [1.29, 1.82) is 0 Å². The first kappa shape index (κ1) is 11.2. The molecule has 4 nitrogen and oxygen atoms in total. The number of hydrogen-bond acceptors (Lipinski definition) is 3. The summed E-state index contributed by atoms with van der Waals surface area (Å²) in [5.41, 5.74) is 3.57. The molecular formula is C13H11ClN4. The molecule has 0 saturated heterocycles. The van der Waals surface area contributed by atoms with Crippen molar-refractivity contribution in [2.75, 3.05) is 0 Å². The summed E-state index contributed by atoms with van der Waals surface area (Å²) in [4.78, 5) is 12.6. The van der Waals surface area contributed by atoms with Gasteiger partial charge in [0.1, 0.15) is 17.7 Å². The Morgan fingerprint density at radius 1 is 1.17 bits per heavy atom. The third-order valence-corrected chi connectivity index (χ3v) is 3.11. The molecule has 90 valence electrons. The van der Waals surface area contributed by atoms with E-state index in [1.54, 1.807) is 0 Å². The van der Waals surface area contributed by atoms with Gasteiger partial charge in [-0.2, -0.15) is 0 Å². The smallest absolute Gasteiger partial charge is 0.182 e. The predicted octanol–water partition coefficient (Wildman–Crippen LogP) is 3.09. The van der Waals surface area contributed by atoms with E-state index in [2.05, 4.69) is 34.0 Å². The Kier molecular flexibility index (Phi) is 2.52. The summed E-state index contributed by atoms with van der Waals surface area (Å²) in [6.45, 7) is 3.98. The lowest BCUT2D eigenvalue weighted by Gasteiger charge is -2.07. The maximum atomic E-state index is 6.15. The van der Waals surface area contributed by atoms with E-state index in [1.807, 2.05) is 23.6 Å². The standard InChI is InChI=1S/C13H11ClN4/c1-8-4-3-5-10(6-8)18-9(2)17-13-11(18)12(14)15-7-16-13/h3-7H,1-2H3. The summed E-state index contributed by atoms with van der Waals surface area (Å²) >= 11 is 6.15. The maximum Gasteiger partial charge on any atom is 0.182 e. The van der Waals surface area contributed by atoms with Gasteiger partial charge in [0.15, 0.2) is 10.8 Å². The monoisotopic (exact) mass is 258 g/mol. The third kappa shape index (κ3) is 1.66. The lowest BCUT2D eigenvalue weighted by atomic mass is 10.2. The molecule has 0 amide bonds. The van der Waals surface area contributed by atoms with Crippen molar-refractivity contribution in [3.8, 4) is 5.69 Å². The van der Waals surface area contributed by atoms with Crippen LogP contribution in [-0.4, -0.2) is 19.5 Å². The zero-order valence-corrected chi connectivity index (χ0v) is 10.8. The van der Waals surface area contributed by atoms with E-state index in [0.717, 1.165) is 17.0 Å². The maximum absolute atomic E-state index is 6.15. The van der Waals surface area contributed by atoms with Crippen LogP contribution in [0, 0.1) is 13.8 Å². The van der Waals surface area contributed by atoms with Gasteiger partial charge >= 0.3 is 0 Å². The van der Waals surface area contributed by atoms with Crippen LogP contribution in [0.25, 0.3) is 16.9 Å². The van der Waals surface area contributed by atoms with Crippen LogP contribution >= 0.6 is 11.6 Å². The Balaban J connectivity index is 2.38. The highest BCUT2D eigenvalue weighted by Crippen LogP contribution is 2.24. The van der Waals surface area contributed by atoms with Gasteiger partial charge in [-0.15, -0.1) is 0 Å². The van der Waals surface area contributed by atoms with E-state index in [-0.39, 0.29) is 0 Å². The molecule has 0 spiro atoms. The first-order valence-corrected chi connectivity index (χ1v) is 5.97. The van der Waals surface area contributed by atoms with Gasteiger partial charge in [-0.3, -0.25) is 4.57 Å². The lowest BCUT2D eigenvalue weighted by Crippen LogP contribution is -1.98. The van der Waals surface area contributed by atoms with Crippen molar-refractivity contribution in [2.24, 2.45) is 0 Å². The van der Waals surface area contributed by atoms with E-state index in [1.165, 1.54) is 11.9 Å². The molecule has 0 bridgehead atoms. The number of hydrogen-bond donors (Lipinski definition) is 0. The molecule has 3 aromatic rings. The average Bonchev–Trinajstić information content (AvgIpc) is 2.67. The second-order valence-electron chi connectivity index (χ2n) is 4.17. The second-order valence-corrected chi connectivity index (χ2v) is 4.53. The van der Waals surface area contributed by atoms with Gasteiger partial charge in [0.2, 0.25) is 0 Å². The molecule has 2 heterocycles. The molecule has 5 heteroatoms. The van der Waals surface area contributed by atoms with Crippen molar-refractivity contribution >= 4 is 22.8 Å². The van der Waals surface area contributed by atoms with Crippen LogP contribution in [0.1, 0.15) is 11.4 Å². The van der Waals surface area contributed by atoms with Crippen LogP contribution in [0.5, 0.6) is 0 Å². The molecule has 0 saturated carbocycles. The van der Waals surface area contributed by atoms with Gasteiger partial charge in [0, 0.05) is 5.69 Å². The average molecular weight is 259 g/mol. The molecule has 3 rings (SSSR count). The van der Waals surface area contributed by atoms with Gasteiger partial charge < -0.3 is 0 Å². The molecule has 0 aliphatic rings. The molecule has 0 unspecified atom stereocenters. The van der Waals surface area contributed by atoms with Crippen LogP contribution in [0.2, 0.25) is 5.15 Å². The van der Waals surface area contributed by atoms with Crippen LogP contribution < -0.4 is 0 Å². The topological polar surface area (TPSA) is 43.6 Å². The Morgan fingerprint density at radius 3 is 2.78 bits per heavy atom. The highest BCUT2D eigenvalue weighted by atomic mass is 35.5. The fourth-order valence-corrected chi connectivity index (χ4v) is 2.28. The molecular weight excluding hydrogens is 248 g/mol. The minimum absolute atomic E-state index is 0.419. The number of nitrogens with zero attached hydrogens (tertiary/aromatic N) is 4. The second kappa shape index (κ2) is 4.07. The third-order valence-electron chi connectivity index (χ3n) is 2.83. The number of imidazole rings is 1. The first-order chi connectivity index (χ1) is 8.66. The molecule has 2 aromatic heterocycles. The number of aromatic nitrogens is 4. The largest absolute Gasteiger partial charge is 0.292 e. The van der Waals surface area contributed by atoms with Crippen molar-refractivity contribution < 1.29 is 0 Å². The number of fused-ring (bicyclic) bond motifs is 1. The molecule has 18 heavy (non-hydrogen) atoms. The van der Waals surface area contributed by atoms with E-state index < -0.39 is 0 Å². The van der Waals surface area contributed by atoms with Crippen molar-refractivity contribution in [3.05, 3.63) is 47.1 Å². The Morgan fingerprint density at radius 2 is 2.00 bits per heavy atom. The highest BCUT2D eigenvalue weighted by Gasteiger charge is 2.13. The summed E-state index contributed by atoms with van der Waals surface area (Å²) in [7, 11) is 0. The Bertz CT molecular complexity index is 733. The zero-order valence-electron chi connectivity index (χ0n) is 10.1. The van der Waals surface area contributed by atoms with Crippen LogP contribution in [0.3, 0.4) is 0 Å². The molecule has 0 atom stereocenters. The molecule has 0 N–H and O–H groups in total. The quantitative estimate of drug-likeness (QED) is 0.630. The van der Waals surface area contributed by atoms with E-state index in [9.17, 15) is 0 Å². The van der Waals surface area contributed by atoms with Gasteiger partial charge in [-0.25, -0.2) is 15.0 Å². The van der Waals surface area contributed by atoms with Crippen LogP contribution in [-0.2, 0) is 0 Å². The number of rotatable bonds is 1. The van der Waals surface area contributed by atoms with E-state index in [4.69, 9.17) is 11.6 Å². The van der Waals surface area contributed by atoms with Crippen LogP contribution in [0.15, 0.2) is 30.6 Å². The summed E-state index contributed by atoms with van der Waals surface area (Å²) in [5.74, 6) is 0.845. The normalized spacial score (nSPS) is 11.1. The minimum atomic E-state index is 0.419. The highest BCUT2D eigenvalue weighted by molar-refractivity contribution is 6.33. The Labute approximate surface area is 109 Å². The minimum Gasteiger partial charge on any atom is -0.292 e. The van der Waals surface area contributed by atoms with Gasteiger partial charge in [-0.05, 0) is 31.5 Å². The number of aryl methyl sites for hydroxylation is 2. The number of halogens is 1. The van der Waals surface area contributed by atoms with Gasteiger partial charge in [-0.1, -0.05) is 23.7 Å². The molecule has 0 radical (unpaired) electrons. The first-order valence-electron chi connectivity index (χ1n) is 5.59. The molecule has 1 aromatic carbocycles. The zero-order chi connectivity index (χ0) is 12.7. The van der Waals surface area contributed by atoms with E-state index >= 15 is 0 Å². The summed E-state index contributed by atoms with van der Waals surface area (Å²) in [6, 6.07) is 8.16. The molecule has 0 aliphatic carbocycles. The van der Waals surface area contributed by atoms with Gasteiger partial charge in [0.25, 0.3) is 0 Å². The van der Waals surface area contributed by atoms with Crippen molar-refractivity contribution in [2.45, 2.75) is 13.8 Å². The van der Waals surface area contributed by atoms with Gasteiger partial charge in [0.05, 0.1) is 0 Å². The number of benzene rings is 1.